The fourth-order valence-corrected chi connectivity index (χ4v) is 3.30. The van der Waals surface area contributed by atoms with Crippen LogP contribution < -0.4 is 5.56 Å². The van der Waals surface area contributed by atoms with E-state index < -0.39 is 0 Å². The Balaban J connectivity index is 2.06. The van der Waals surface area contributed by atoms with Crippen molar-refractivity contribution in [3.05, 3.63) is 57.7 Å². The molecule has 0 radical (unpaired) electrons. The Hall–Kier alpha value is -2.77. The van der Waals surface area contributed by atoms with Gasteiger partial charge in [0.25, 0.3) is 11.3 Å². The lowest BCUT2D eigenvalue weighted by Gasteiger charge is -2.13. The van der Waals surface area contributed by atoms with E-state index in [-0.39, 0.29) is 5.56 Å². The summed E-state index contributed by atoms with van der Waals surface area (Å²) in [5, 5.41) is 5.74. The van der Waals surface area contributed by atoms with E-state index in [1.807, 2.05) is 44.1 Å². The molecule has 0 atom stereocenters. The summed E-state index contributed by atoms with van der Waals surface area (Å²) in [5.41, 5.74) is 2.05. The highest BCUT2D eigenvalue weighted by Crippen LogP contribution is 2.27. The van der Waals surface area contributed by atoms with Crippen molar-refractivity contribution in [1.82, 2.24) is 29.0 Å². The number of pyridine rings is 1. The van der Waals surface area contributed by atoms with E-state index in [0.29, 0.717) is 46.2 Å². The second kappa shape index (κ2) is 7.33. The van der Waals surface area contributed by atoms with E-state index >= 15 is 0 Å². The molecule has 0 aliphatic carbocycles. The van der Waals surface area contributed by atoms with Gasteiger partial charge in [0, 0.05) is 36.3 Å². The first-order valence-corrected chi connectivity index (χ1v) is 9.55. The zero-order valence-electron chi connectivity index (χ0n) is 16.1. The Morgan fingerprint density at radius 2 is 1.86 bits per heavy atom. The number of hydrogen-bond acceptors (Lipinski definition) is 5. The Morgan fingerprint density at radius 1 is 1.11 bits per heavy atom. The van der Waals surface area contributed by atoms with Gasteiger partial charge in [0.15, 0.2) is 5.82 Å². The first kappa shape index (κ1) is 18.6. The largest absolute Gasteiger partial charge is 0.314 e. The van der Waals surface area contributed by atoms with Crippen molar-refractivity contribution in [2.24, 2.45) is 0 Å². The van der Waals surface area contributed by atoms with Crippen LogP contribution in [0.4, 0.5) is 0 Å². The quantitative estimate of drug-likeness (QED) is 0.519. The molecule has 0 amide bonds. The number of benzene rings is 1. The zero-order chi connectivity index (χ0) is 19.8. The van der Waals surface area contributed by atoms with Crippen LogP contribution in [0.15, 0.2) is 41.3 Å². The summed E-state index contributed by atoms with van der Waals surface area (Å²) < 4.78 is 3.38. The standard InChI is InChI=1S/C20H21ClN6O/c1-4-16-23-20-22-15-9-10-26(12-11-25(2)3)19(28)17(15)18(27(20)24-16)13-5-7-14(21)8-6-13/h5-10H,4,11-12H2,1-3H3. The van der Waals surface area contributed by atoms with Crippen LogP contribution in [0, 0.1) is 0 Å². The fourth-order valence-electron chi connectivity index (χ4n) is 3.17. The molecule has 3 heterocycles. The number of halogens is 1. The van der Waals surface area contributed by atoms with Gasteiger partial charge in [0.2, 0.25) is 0 Å². The first-order chi connectivity index (χ1) is 13.5. The van der Waals surface area contributed by atoms with E-state index in [0.717, 1.165) is 12.1 Å². The minimum absolute atomic E-state index is 0.0905. The van der Waals surface area contributed by atoms with Gasteiger partial charge in [-0.05, 0) is 32.3 Å². The minimum Gasteiger partial charge on any atom is -0.314 e. The lowest BCUT2D eigenvalue weighted by Crippen LogP contribution is -2.27. The maximum atomic E-state index is 13.3. The van der Waals surface area contributed by atoms with Gasteiger partial charge in [0.1, 0.15) is 0 Å². The molecule has 28 heavy (non-hydrogen) atoms. The number of fused-ring (bicyclic) bond motifs is 2. The third kappa shape index (κ3) is 3.27. The molecule has 0 saturated carbocycles. The summed E-state index contributed by atoms with van der Waals surface area (Å²) in [6.07, 6.45) is 2.48. The van der Waals surface area contributed by atoms with Gasteiger partial charge in [-0.15, -0.1) is 5.10 Å². The molecule has 1 aromatic carbocycles. The molecule has 0 unspecified atom stereocenters. The van der Waals surface area contributed by atoms with Gasteiger partial charge >= 0.3 is 0 Å². The maximum absolute atomic E-state index is 13.3. The summed E-state index contributed by atoms with van der Waals surface area (Å²) in [6.45, 7) is 3.35. The second-order valence-electron chi connectivity index (χ2n) is 6.94. The minimum atomic E-state index is -0.0905. The predicted octanol–water partition coefficient (Wildman–Crippen LogP) is 2.88. The van der Waals surface area contributed by atoms with Crippen LogP contribution in [0.5, 0.6) is 0 Å². The number of nitrogens with zero attached hydrogens (tertiary/aromatic N) is 6. The molecule has 4 aromatic rings. The van der Waals surface area contributed by atoms with Crippen molar-refractivity contribution in [3.63, 3.8) is 0 Å². The van der Waals surface area contributed by atoms with Crippen molar-refractivity contribution >= 4 is 28.3 Å². The number of likely N-dealkylation sites (N-methyl/N-ethyl adjacent to an activating group) is 1. The van der Waals surface area contributed by atoms with Gasteiger partial charge < -0.3 is 9.47 Å². The summed E-state index contributed by atoms with van der Waals surface area (Å²) in [4.78, 5) is 24.5. The van der Waals surface area contributed by atoms with E-state index in [2.05, 4.69) is 15.1 Å². The van der Waals surface area contributed by atoms with Crippen LogP contribution in [0.25, 0.3) is 27.9 Å². The molecular formula is C20H21ClN6O. The molecule has 4 rings (SSSR count). The third-order valence-electron chi connectivity index (χ3n) is 4.67. The molecule has 0 aliphatic rings. The monoisotopic (exact) mass is 396 g/mol. The average molecular weight is 397 g/mol. The van der Waals surface area contributed by atoms with Crippen molar-refractivity contribution in [3.8, 4) is 11.3 Å². The van der Waals surface area contributed by atoms with Gasteiger partial charge in [-0.3, -0.25) is 4.79 Å². The lowest BCUT2D eigenvalue weighted by atomic mass is 10.1. The van der Waals surface area contributed by atoms with Crippen molar-refractivity contribution < 1.29 is 0 Å². The Labute approximate surface area is 167 Å². The van der Waals surface area contributed by atoms with Crippen molar-refractivity contribution in [1.29, 1.82) is 0 Å². The molecule has 0 saturated heterocycles. The van der Waals surface area contributed by atoms with Crippen molar-refractivity contribution in [2.75, 3.05) is 20.6 Å². The smallest absolute Gasteiger partial charge is 0.262 e. The molecule has 0 spiro atoms. The highest BCUT2D eigenvalue weighted by atomic mass is 35.5. The summed E-state index contributed by atoms with van der Waals surface area (Å²) >= 11 is 6.07. The van der Waals surface area contributed by atoms with Gasteiger partial charge in [-0.25, -0.2) is 4.98 Å². The van der Waals surface area contributed by atoms with E-state index in [9.17, 15) is 4.79 Å². The topological polar surface area (TPSA) is 68.3 Å². The highest BCUT2D eigenvalue weighted by Gasteiger charge is 2.18. The SMILES string of the molecule is CCc1nc2nc3ccn(CCN(C)C)c(=O)c3c(-c3ccc(Cl)cc3)n2n1. The van der Waals surface area contributed by atoms with Crippen LogP contribution in [-0.2, 0) is 13.0 Å². The lowest BCUT2D eigenvalue weighted by molar-refractivity contribution is 0.381. The predicted molar refractivity (Wildman–Crippen MR) is 111 cm³/mol. The molecule has 7 nitrogen and oxygen atoms in total. The number of rotatable bonds is 5. The van der Waals surface area contributed by atoms with Crippen LogP contribution in [0.1, 0.15) is 12.7 Å². The normalized spacial score (nSPS) is 11.8. The number of aromatic nitrogens is 5. The highest BCUT2D eigenvalue weighted by molar-refractivity contribution is 6.30. The summed E-state index contributed by atoms with van der Waals surface area (Å²) in [6, 6.07) is 9.26. The first-order valence-electron chi connectivity index (χ1n) is 9.17. The van der Waals surface area contributed by atoms with E-state index in [1.165, 1.54) is 0 Å². The third-order valence-corrected chi connectivity index (χ3v) is 4.92. The number of hydrogen-bond donors (Lipinski definition) is 0. The molecule has 0 fully saturated rings. The van der Waals surface area contributed by atoms with E-state index in [4.69, 9.17) is 11.6 Å². The zero-order valence-corrected chi connectivity index (χ0v) is 16.8. The van der Waals surface area contributed by atoms with Crippen LogP contribution in [0.2, 0.25) is 5.02 Å². The Morgan fingerprint density at radius 3 is 2.54 bits per heavy atom. The van der Waals surface area contributed by atoms with Crippen LogP contribution in [-0.4, -0.2) is 49.7 Å². The van der Waals surface area contributed by atoms with Gasteiger partial charge in [-0.2, -0.15) is 9.50 Å². The summed E-state index contributed by atoms with van der Waals surface area (Å²) in [5.74, 6) is 1.17. The van der Waals surface area contributed by atoms with Gasteiger partial charge in [-0.1, -0.05) is 30.7 Å². The summed E-state index contributed by atoms with van der Waals surface area (Å²) in [7, 11) is 3.97. The molecule has 144 valence electrons. The fraction of sp³-hybridized carbons (Fsp3) is 0.300. The number of aryl methyl sites for hydroxylation is 1. The Kier molecular flexibility index (Phi) is 4.87. The Bertz CT molecular complexity index is 1210. The van der Waals surface area contributed by atoms with Crippen molar-refractivity contribution in [2.45, 2.75) is 19.9 Å². The molecule has 3 aromatic heterocycles. The average Bonchev–Trinajstić information content (AvgIpc) is 3.09. The second-order valence-corrected chi connectivity index (χ2v) is 7.37. The van der Waals surface area contributed by atoms with Gasteiger partial charge in [0.05, 0.1) is 16.6 Å². The van der Waals surface area contributed by atoms with Crippen LogP contribution in [0.3, 0.4) is 0 Å². The molecule has 0 N–H and O–H groups in total. The molecule has 8 heteroatoms. The van der Waals surface area contributed by atoms with Crippen LogP contribution >= 0.6 is 11.6 Å². The molecule has 0 bridgehead atoms. The molecule has 0 aliphatic heterocycles. The molecular weight excluding hydrogens is 376 g/mol. The maximum Gasteiger partial charge on any atom is 0.262 e. The van der Waals surface area contributed by atoms with E-state index in [1.54, 1.807) is 27.4 Å².